The molecule has 0 saturated carbocycles. The van der Waals surface area contributed by atoms with Crippen LogP contribution in [-0.4, -0.2) is 47.7 Å². The van der Waals surface area contributed by atoms with E-state index in [0.717, 1.165) is 0 Å². The lowest BCUT2D eigenvalue weighted by Crippen LogP contribution is -2.49. The van der Waals surface area contributed by atoms with Crippen molar-refractivity contribution in [2.75, 3.05) is 19.8 Å². The molecule has 0 spiro atoms. The van der Waals surface area contributed by atoms with Gasteiger partial charge in [-0.15, -0.1) is 0 Å². The number of rotatable bonds is 3. The SMILES string of the molecule is O=C(O)CC1COCCN1C(=O)c1ccc(Cl)cc1Cl. The van der Waals surface area contributed by atoms with Gasteiger partial charge in [0.25, 0.3) is 5.91 Å². The molecular formula is C13H13Cl2NO4. The number of halogens is 2. The number of aliphatic carboxylic acids is 1. The number of carbonyl (C=O) groups is 2. The zero-order valence-corrected chi connectivity index (χ0v) is 12.0. The lowest BCUT2D eigenvalue weighted by molar-refractivity contribution is -0.139. The summed E-state index contributed by atoms with van der Waals surface area (Å²) < 4.78 is 5.24. The highest BCUT2D eigenvalue weighted by molar-refractivity contribution is 6.36. The van der Waals surface area contributed by atoms with E-state index in [2.05, 4.69) is 0 Å². The van der Waals surface area contributed by atoms with Crippen LogP contribution in [0.1, 0.15) is 16.8 Å². The molecule has 0 aromatic heterocycles. The molecule has 1 aliphatic heterocycles. The summed E-state index contributed by atoms with van der Waals surface area (Å²) in [5.74, 6) is -1.28. The molecule has 20 heavy (non-hydrogen) atoms. The first-order valence-corrected chi connectivity index (χ1v) is 6.80. The molecule has 1 N–H and O–H groups in total. The largest absolute Gasteiger partial charge is 0.481 e. The van der Waals surface area contributed by atoms with Crippen molar-refractivity contribution in [2.45, 2.75) is 12.5 Å². The zero-order valence-electron chi connectivity index (χ0n) is 10.5. The Hall–Kier alpha value is -1.30. The smallest absolute Gasteiger partial charge is 0.305 e. The number of hydrogen-bond donors (Lipinski definition) is 1. The summed E-state index contributed by atoms with van der Waals surface area (Å²) >= 11 is 11.8. The van der Waals surface area contributed by atoms with Gasteiger partial charge in [0.2, 0.25) is 0 Å². The number of hydrogen-bond acceptors (Lipinski definition) is 3. The molecule has 1 heterocycles. The van der Waals surface area contributed by atoms with E-state index in [1.807, 2.05) is 0 Å². The van der Waals surface area contributed by atoms with Gasteiger partial charge < -0.3 is 14.7 Å². The molecule has 1 aromatic rings. The third-order valence-corrected chi connectivity index (χ3v) is 3.61. The van der Waals surface area contributed by atoms with E-state index in [1.54, 1.807) is 12.1 Å². The second kappa shape index (κ2) is 6.43. The minimum Gasteiger partial charge on any atom is -0.481 e. The quantitative estimate of drug-likeness (QED) is 0.929. The molecule has 2 rings (SSSR count). The van der Waals surface area contributed by atoms with E-state index in [4.69, 9.17) is 33.0 Å². The summed E-state index contributed by atoms with van der Waals surface area (Å²) in [6.07, 6.45) is -0.156. The molecule has 0 bridgehead atoms. The molecule has 7 heteroatoms. The van der Waals surface area contributed by atoms with Gasteiger partial charge in [-0.25, -0.2) is 0 Å². The van der Waals surface area contributed by atoms with Crippen LogP contribution in [0.4, 0.5) is 0 Å². The Kier molecular flexibility index (Phi) is 4.86. The average Bonchev–Trinajstić information content (AvgIpc) is 2.38. The van der Waals surface area contributed by atoms with Crippen LogP contribution in [0.5, 0.6) is 0 Å². The van der Waals surface area contributed by atoms with Crippen LogP contribution in [0, 0.1) is 0 Å². The number of amides is 1. The van der Waals surface area contributed by atoms with Gasteiger partial charge in [0.15, 0.2) is 0 Å². The van der Waals surface area contributed by atoms with Crippen LogP contribution in [0.3, 0.4) is 0 Å². The highest BCUT2D eigenvalue weighted by Gasteiger charge is 2.30. The summed E-state index contributed by atoms with van der Waals surface area (Å²) in [6.45, 7) is 0.937. The monoisotopic (exact) mass is 317 g/mol. The molecule has 108 valence electrons. The van der Waals surface area contributed by atoms with Crippen molar-refractivity contribution in [2.24, 2.45) is 0 Å². The molecule has 1 aliphatic rings. The number of ether oxygens (including phenoxy) is 1. The fourth-order valence-electron chi connectivity index (χ4n) is 2.11. The number of morpholine rings is 1. The van der Waals surface area contributed by atoms with Crippen LogP contribution in [0.15, 0.2) is 18.2 Å². The molecule has 0 aliphatic carbocycles. The van der Waals surface area contributed by atoms with Crippen molar-refractivity contribution in [3.05, 3.63) is 33.8 Å². The summed E-state index contributed by atoms with van der Waals surface area (Å²) in [7, 11) is 0. The van der Waals surface area contributed by atoms with Gasteiger partial charge in [-0.05, 0) is 18.2 Å². The van der Waals surface area contributed by atoms with Crippen LogP contribution >= 0.6 is 23.2 Å². The minimum absolute atomic E-state index is 0.156. The third kappa shape index (κ3) is 3.42. The maximum atomic E-state index is 12.5. The molecule has 1 fully saturated rings. The van der Waals surface area contributed by atoms with Crippen molar-refractivity contribution in [1.82, 2.24) is 4.90 Å². The van der Waals surface area contributed by atoms with E-state index >= 15 is 0 Å². The molecule has 1 saturated heterocycles. The zero-order chi connectivity index (χ0) is 14.7. The maximum Gasteiger partial charge on any atom is 0.305 e. The van der Waals surface area contributed by atoms with Crippen LogP contribution < -0.4 is 0 Å². The van der Waals surface area contributed by atoms with Gasteiger partial charge in [0.05, 0.1) is 36.3 Å². The Morgan fingerprint density at radius 3 is 2.80 bits per heavy atom. The summed E-state index contributed by atoms with van der Waals surface area (Å²) in [5, 5.41) is 9.58. The van der Waals surface area contributed by atoms with Crippen molar-refractivity contribution < 1.29 is 19.4 Å². The molecule has 1 atom stereocenters. The Morgan fingerprint density at radius 2 is 2.15 bits per heavy atom. The standard InChI is InChI=1S/C13H13Cl2NO4/c14-8-1-2-10(11(15)5-8)13(19)16-3-4-20-7-9(16)6-12(17)18/h1-2,5,9H,3-4,6-7H2,(H,17,18). The second-order valence-corrected chi connectivity index (χ2v) is 5.29. The van der Waals surface area contributed by atoms with Crippen molar-refractivity contribution in [1.29, 1.82) is 0 Å². The van der Waals surface area contributed by atoms with Crippen LogP contribution in [-0.2, 0) is 9.53 Å². The van der Waals surface area contributed by atoms with Crippen LogP contribution in [0.2, 0.25) is 10.0 Å². The van der Waals surface area contributed by atoms with Gasteiger partial charge in [-0.2, -0.15) is 0 Å². The lowest BCUT2D eigenvalue weighted by Gasteiger charge is -2.35. The number of carbonyl (C=O) groups excluding carboxylic acids is 1. The topological polar surface area (TPSA) is 66.8 Å². The van der Waals surface area contributed by atoms with Crippen molar-refractivity contribution in [3.8, 4) is 0 Å². The second-order valence-electron chi connectivity index (χ2n) is 4.45. The highest BCUT2D eigenvalue weighted by Crippen LogP contribution is 2.24. The predicted octanol–water partition coefficient (Wildman–Crippen LogP) is 2.31. The van der Waals surface area contributed by atoms with Gasteiger partial charge in [-0.1, -0.05) is 23.2 Å². The fraction of sp³-hybridized carbons (Fsp3) is 0.385. The normalized spacial score (nSPS) is 18.9. The van der Waals surface area contributed by atoms with E-state index in [9.17, 15) is 9.59 Å². The molecule has 5 nitrogen and oxygen atoms in total. The maximum absolute atomic E-state index is 12.5. The number of carboxylic acid groups (broad SMARTS) is 1. The van der Waals surface area contributed by atoms with Gasteiger partial charge in [-0.3, -0.25) is 9.59 Å². The summed E-state index contributed by atoms with van der Waals surface area (Å²) in [5.41, 5.74) is 0.313. The Balaban J connectivity index is 2.22. The van der Waals surface area contributed by atoms with Crippen LogP contribution in [0.25, 0.3) is 0 Å². The van der Waals surface area contributed by atoms with E-state index in [0.29, 0.717) is 23.7 Å². The molecule has 1 amide bonds. The average molecular weight is 318 g/mol. The highest BCUT2D eigenvalue weighted by atomic mass is 35.5. The van der Waals surface area contributed by atoms with E-state index in [-0.39, 0.29) is 24.0 Å². The van der Waals surface area contributed by atoms with Crippen molar-refractivity contribution >= 4 is 35.1 Å². The first kappa shape index (κ1) is 15.1. The number of benzene rings is 1. The first-order chi connectivity index (χ1) is 9.49. The molecular weight excluding hydrogens is 305 g/mol. The number of nitrogens with zero attached hydrogens (tertiary/aromatic N) is 1. The fourth-order valence-corrected chi connectivity index (χ4v) is 2.60. The summed E-state index contributed by atoms with van der Waals surface area (Å²) in [6, 6.07) is 4.12. The first-order valence-electron chi connectivity index (χ1n) is 6.04. The van der Waals surface area contributed by atoms with Gasteiger partial charge in [0, 0.05) is 11.6 Å². The van der Waals surface area contributed by atoms with Gasteiger partial charge in [0.1, 0.15) is 0 Å². The molecule has 1 aromatic carbocycles. The molecule has 0 radical (unpaired) electrons. The minimum atomic E-state index is -0.972. The van der Waals surface area contributed by atoms with Gasteiger partial charge >= 0.3 is 5.97 Å². The lowest BCUT2D eigenvalue weighted by atomic mass is 10.1. The predicted molar refractivity (Wildman–Crippen MR) is 74.4 cm³/mol. The van der Waals surface area contributed by atoms with E-state index < -0.39 is 12.0 Å². The van der Waals surface area contributed by atoms with E-state index in [1.165, 1.54) is 11.0 Å². The third-order valence-electron chi connectivity index (χ3n) is 3.06. The Bertz CT molecular complexity index is 535. The summed E-state index contributed by atoms with van der Waals surface area (Å²) in [4.78, 5) is 24.8. The Labute approximate surface area is 126 Å². The molecule has 1 unspecified atom stereocenters. The number of carboxylic acids is 1. The van der Waals surface area contributed by atoms with Crippen molar-refractivity contribution in [3.63, 3.8) is 0 Å². The Morgan fingerprint density at radius 1 is 1.40 bits per heavy atom.